The highest BCUT2D eigenvalue weighted by Crippen LogP contribution is 2.13. The maximum atomic E-state index is 3.92. The van der Waals surface area contributed by atoms with E-state index in [0.29, 0.717) is 6.04 Å². The Morgan fingerprint density at radius 3 is 2.22 bits per heavy atom. The van der Waals surface area contributed by atoms with Crippen molar-refractivity contribution in [3.05, 3.63) is 18.8 Å². The maximum Gasteiger partial charge on any atom is 0.0715 e. The molecule has 1 atom stereocenters. The Morgan fingerprint density at radius 2 is 1.61 bits per heavy atom. The summed E-state index contributed by atoms with van der Waals surface area (Å²) in [4.78, 5) is 1.69. The van der Waals surface area contributed by atoms with Crippen LogP contribution in [0.2, 0.25) is 0 Å². The van der Waals surface area contributed by atoms with Crippen LogP contribution in [0.25, 0.3) is 0 Å². The normalized spacial score (nSPS) is 12.4. The molecule has 1 N–H and O–H groups in total. The van der Waals surface area contributed by atoms with Crippen molar-refractivity contribution in [3.63, 3.8) is 0 Å². The number of aromatic nitrogens is 3. The summed E-state index contributed by atoms with van der Waals surface area (Å²) >= 11 is 0. The lowest BCUT2D eigenvalue weighted by Crippen LogP contribution is -2.25. The second kappa shape index (κ2) is 14.5. The second-order valence-corrected chi connectivity index (χ2v) is 6.71. The van der Waals surface area contributed by atoms with Gasteiger partial charge in [0.05, 0.1) is 12.4 Å². The topological polar surface area (TPSA) is 42.7 Å². The third kappa shape index (κ3) is 12.1. The lowest BCUT2D eigenvalue weighted by Gasteiger charge is -2.13. The Morgan fingerprint density at radius 1 is 0.957 bits per heavy atom. The Hall–Kier alpha value is -1.06. The summed E-state index contributed by atoms with van der Waals surface area (Å²) in [6.07, 6.45) is 23.7. The summed E-state index contributed by atoms with van der Waals surface area (Å²) in [5.41, 5.74) is 3.29. The molecule has 0 aliphatic heterocycles. The minimum atomic E-state index is 0.431. The minimum Gasteiger partial charge on any atom is -0.306 e. The van der Waals surface area contributed by atoms with Crippen LogP contribution < -0.4 is 5.43 Å². The van der Waals surface area contributed by atoms with Crippen LogP contribution in [0.15, 0.2) is 12.4 Å². The van der Waals surface area contributed by atoms with E-state index < -0.39 is 0 Å². The molecule has 1 heterocycles. The molecule has 0 amide bonds. The quantitative estimate of drug-likeness (QED) is 0.408. The number of rotatable bonds is 16. The van der Waals surface area contributed by atoms with Gasteiger partial charge in [0, 0.05) is 6.04 Å². The van der Waals surface area contributed by atoms with Gasteiger partial charge < -0.3 is 5.43 Å². The van der Waals surface area contributed by atoms with Gasteiger partial charge in [-0.3, -0.25) is 0 Å². The molecular formula is C19H37N4. The Labute approximate surface area is 143 Å². The van der Waals surface area contributed by atoms with Crippen LogP contribution in [-0.2, 0) is 0 Å². The average molecular weight is 322 g/mol. The highest BCUT2D eigenvalue weighted by atomic mass is 15.6. The van der Waals surface area contributed by atoms with Crippen LogP contribution in [0.1, 0.15) is 97.3 Å². The summed E-state index contributed by atoms with van der Waals surface area (Å²) in [7, 11) is 0. The van der Waals surface area contributed by atoms with Crippen LogP contribution in [0, 0.1) is 6.42 Å². The first-order chi connectivity index (χ1) is 11.3. The first-order valence-electron chi connectivity index (χ1n) is 9.77. The zero-order chi connectivity index (χ0) is 16.6. The van der Waals surface area contributed by atoms with Crippen molar-refractivity contribution in [1.29, 1.82) is 0 Å². The lowest BCUT2D eigenvalue weighted by atomic mass is 10.0. The SMILES string of the molecule is CCCCCCCCCCCC[CH]CCC(C)Nn1ccnn1. The molecule has 23 heavy (non-hydrogen) atoms. The summed E-state index contributed by atoms with van der Waals surface area (Å²) in [5, 5.41) is 7.70. The molecule has 1 rings (SSSR count). The number of unbranched alkanes of at least 4 members (excludes halogenated alkanes) is 12. The molecule has 0 spiro atoms. The van der Waals surface area contributed by atoms with Gasteiger partial charge in [0.25, 0.3) is 0 Å². The zero-order valence-electron chi connectivity index (χ0n) is 15.3. The monoisotopic (exact) mass is 321 g/mol. The molecular weight excluding hydrogens is 284 g/mol. The van der Waals surface area contributed by atoms with E-state index in [1.807, 2.05) is 6.20 Å². The summed E-state index contributed by atoms with van der Waals surface area (Å²) < 4.78 is 0. The van der Waals surface area contributed by atoms with Crippen molar-refractivity contribution in [2.24, 2.45) is 0 Å². The fourth-order valence-corrected chi connectivity index (χ4v) is 2.86. The molecule has 0 aliphatic carbocycles. The molecule has 1 aromatic heterocycles. The molecule has 133 valence electrons. The van der Waals surface area contributed by atoms with Crippen LogP contribution in [0.5, 0.6) is 0 Å². The van der Waals surface area contributed by atoms with E-state index in [1.54, 1.807) is 11.0 Å². The highest BCUT2D eigenvalue weighted by molar-refractivity contribution is 4.80. The number of hydrogen-bond donors (Lipinski definition) is 1. The van der Waals surface area contributed by atoms with Gasteiger partial charge in [0.1, 0.15) is 0 Å². The molecule has 0 aliphatic rings. The molecule has 0 saturated heterocycles. The third-order valence-electron chi connectivity index (χ3n) is 4.34. The Balaban J connectivity index is 1.76. The largest absolute Gasteiger partial charge is 0.306 e. The van der Waals surface area contributed by atoms with Crippen molar-refractivity contribution in [2.75, 3.05) is 5.43 Å². The van der Waals surface area contributed by atoms with Crippen molar-refractivity contribution in [3.8, 4) is 0 Å². The van der Waals surface area contributed by atoms with Crippen molar-refractivity contribution >= 4 is 0 Å². The minimum absolute atomic E-state index is 0.431. The lowest BCUT2D eigenvalue weighted by molar-refractivity contribution is 0.548. The van der Waals surface area contributed by atoms with Gasteiger partial charge in [-0.1, -0.05) is 77.6 Å². The Kier molecular flexibility index (Phi) is 12.6. The van der Waals surface area contributed by atoms with Gasteiger partial charge in [-0.15, -0.1) is 5.10 Å². The molecule has 0 fully saturated rings. The van der Waals surface area contributed by atoms with Crippen LogP contribution >= 0.6 is 0 Å². The maximum absolute atomic E-state index is 3.92. The number of hydrogen-bond acceptors (Lipinski definition) is 3. The van der Waals surface area contributed by atoms with Crippen LogP contribution in [0.4, 0.5) is 0 Å². The summed E-state index contributed by atoms with van der Waals surface area (Å²) in [5.74, 6) is 0. The van der Waals surface area contributed by atoms with Gasteiger partial charge in [-0.05, 0) is 31.4 Å². The Bertz CT molecular complexity index is 337. The molecule has 1 unspecified atom stereocenters. The van der Waals surface area contributed by atoms with E-state index in [0.717, 1.165) is 6.42 Å². The summed E-state index contributed by atoms with van der Waals surface area (Å²) in [6, 6.07) is 0.431. The van der Waals surface area contributed by atoms with Gasteiger partial charge in [-0.2, -0.15) is 4.79 Å². The first kappa shape index (κ1) is 20.0. The zero-order valence-corrected chi connectivity index (χ0v) is 15.3. The molecule has 1 aromatic rings. The molecule has 1 radical (unpaired) electrons. The first-order valence-corrected chi connectivity index (χ1v) is 9.77. The number of nitrogens with one attached hydrogen (secondary N) is 1. The second-order valence-electron chi connectivity index (χ2n) is 6.71. The highest BCUT2D eigenvalue weighted by Gasteiger charge is 2.01. The van der Waals surface area contributed by atoms with Gasteiger partial charge in [-0.25, -0.2) is 0 Å². The van der Waals surface area contributed by atoms with E-state index in [-0.39, 0.29) is 0 Å². The van der Waals surface area contributed by atoms with E-state index in [2.05, 4.69) is 36.0 Å². The van der Waals surface area contributed by atoms with Crippen LogP contribution in [-0.4, -0.2) is 21.1 Å². The number of nitrogens with zero attached hydrogens (tertiary/aromatic N) is 3. The predicted octanol–water partition coefficient (Wildman–Crippen LogP) is 5.51. The summed E-state index contributed by atoms with van der Waals surface area (Å²) in [6.45, 7) is 4.47. The molecule has 0 aromatic carbocycles. The third-order valence-corrected chi connectivity index (χ3v) is 4.34. The molecule has 4 heteroatoms. The van der Waals surface area contributed by atoms with Crippen molar-refractivity contribution < 1.29 is 0 Å². The van der Waals surface area contributed by atoms with Gasteiger partial charge >= 0.3 is 0 Å². The van der Waals surface area contributed by atoms with E-state index in [1.165, 1.54) is 77.0 Å². The molecule has 0 saturated carbocycles. The van der Waals surface area contributed by atoms with Crippen molar-refractivity contribution in [1.82, 2.24) is 15.1 Å². The smallest absolute Gasteiger partial charge is 0.0715 e. The van der Waals surface area contributed by atoms with E-state index in [9.17, 15) is 0 Å². The molecule has 0 bridgehead atoms. The predicted molar refractivity (Wildman–Crippen MR) is 98.8 cm³/mol. The fourth-order valence-electron chi connectivity index (χ4n) is 2.86. The fraction of sp³-hybridized carbons (Fsp3) is 0.842. The van der Waals surface area contributed by atoms with Gasteiger partial charge in [0.2, 0.25) is 0 Å². The standard InChI is InChI=1S/C19H37N4/c1-3-4-5-6-7-8-9-10-11-12-13-14-15-16-19(2)21-23-18-17-20-22-23/h14,17-19,21H,3-13,15-16H2,1-2H3. The van der Waals surface area contributed by atoms with Crippen molar-refractivity contribution in [2.45, 2.75) is 103 Å². The van der Waals surface area contributed by atoms with Crippen LogP contribution in [0.3, 0.4) is 0 Å². The average Bonchev–Trinajstić information content (AvgIpc) is 3.04. The van der Waals surface area contributed by atoms with E-state index >= 15 is 0 Å². The van der Waals surface area contributed by atoms with Gasteiger partial charge in [0.15, 0.2) is 0 Å². The molecule has 4 nitrogen and oxygen atoms in total. The van der Waals surface area contributed by atoms with E-state index in [4.69, 9.17) is 0 Å².